The van der Waals surface area contributed by atoms with Crippen LogP contribution in [0.2, 0.25) is 0 Å². The number of hydrogen-bond donors (Lipinski definition) is 2. The minimum atomic E-state index is -1.30. The summed E-state index contributed by atoms with van der Waals surface area (Å²) in [6, 6.07) is 1.06. The number of aryl methyl sites for hydroxylation is 1. The standard InChI is InChI=1S/C15H15F3N4O.ClH/c1-22-7-8(4-20-22)9-5-19-6-10(9)15(23)21-14-3-12(17)11(16)2-13(14)18;/h2-4,7,9-10,19H,5-6H2,1H3,(H,21,23);1H/t9-,10+;/m1./s1. The van der Waals surface area contributed by atoms with Crippen LogP contribution in [0.4, 0.5) is 18.9 Å². The van der Waals surface area contributed by atoms with Gasteiger partial charge in [0.25, 0.3) is 0 Å². The van der Waals surface area contributed by atoms with E-state index < -0.39 is 29.3 Å². The lowest BCUT2D eigenvalue weighted by molar-refractivity contribution is -0.119. The van der Waals surface area contributed by atoms with Crippen molar-refractivity contribution in [2.75, 3.05) is 18.4 Å². The highest BCUT2D eigenvalue weighted by molar-refractivity contribution is 5.93. The number of benzene rings is 1. The summed E-state index contributed by atoms with van der Waals surface area (Å²) in [6.45, 7) is 1.00. The van der Waals surface area contributed by atoms with Crippen LogP contribution in [-0.4, -0.2) is 28.8 Å². The van der Waals surface area contributed by atoms with Crippen LogP contribution in [-0.2, 0) is 11.8 Å². The van der Waals surface area contributed by atoms with Crippen molar-refractivity contribution in [2.45, 2.75) is 5.92 Å². The monoisotopic (exact) mass is 360 g/mol. The Bertz CT molecular complexity index is 752. The molecule has 0 radical (unpaired) electrons. The summed E-state index contributed by atoms with van der Waals surface area (Å²) < 4.78 is 41.4. The van der Waals surface area contributed by atoms with Crippen LogP contribution in [0, 0.1) is 23.4 Å². The lowest BCUT2D eigenvalue weighted by Gasteiger charge is -2.17. The van der Waals surface area contributed by atoms with E-state index in [2.05, 4.69) is 15.7 Å². The molecule has 9 heteroatoms. The first-order chi connectivity index (χ1) is 11.0. The first kappa shape index (κ1) is 18.3. The number of rotatable bonds is 3. The lowest BCUT2D eigenvalue weighted by Crippen LogP contribution is -2.28. The van der Waals surface area contributed by atoms with Crippen molar-refractivity contribution < 1.29 is 18.0 Å². The second kappa shape index (κ2) is 7.23. The lowest BCUT2D eigenvalue weighted by atomic mass is 9.90. The Kier molecular flexibility index (Phi) is 5.51. The van der Waals surface area contributed by atoms with Crippen LogP contribution < -0.4 is 10.6 Å². The molecule has 1 aromatic carbocycles. The number of carbonyl (C=O) groups excluding carboxylic acids is 1. The van der Waals surface area contributed by atoms with Crippen LogP contribution in [0.5, 0.6) is 0 Å². The SMILES string of the molecule is Cl.Cn1cc([C@H]2CNC[C@@H]2C(=O)Nc2cc(F)c(F)cc2F)cn1. The fourth-order valence-corrected chi connectivity index (χ4v) is 2.78. The van der Waals surface area contributed by atoms with Crippen molar-refractivity contribution in [2.24, 2.45) is 13.0 Å². The van der Waals surface area contributed by atoms with Gasteiger partial charge in [-0.15, -0.1) is 12.4 Å². The molecule has 1 aliphatic rings. The van der Waals surface area contributed by atoms with Crippen molar-refractivity contribution in [3.05, 3.63) is 47.5 Å². The molecule has 1 aromatic heterocycles. The van der Waals surface area contributed by atoms with E-state index >= 15 is 0 Å². The molecule has 1 fully saturated rings. The van der Waals surface area contributed by atoms with Crippen molar-refractivity contribution in [1.82, 2.24) is 15.1 Å². The van der Waals surface area contributed by atoms with Crippen LogP contribution in [0.3, 0.4) is 0 Å². The number of anilines is 1. The molecule has 130 valence electrons. The summed E-state index contributed by atoms with van der Waals surface area (Å²) in [5.74, 6) is -4.54. The van der Waals surface area contributed by atoms with Gasteiger partial charge in [0.2, 0.25) is 5.91 Å². The highest BCUT2D eigenvalue weighted by Gasteiger charge is 2.35. The summed E-state index contributed by atoms with van der Waals surface area (Å²) >= 11 is 0. The van der Waals surface area contributed by atoms with E-state index in [-0.39, 0.29) is 24.0 Å². The van der Waals surface area contributed by atoms with Gasteiger partial charge < -0.3 is 10.6 Å². The number of amides is 1. The molecular weight excluding hydrogens is 345 g/mol. The minimum absolute atomic E-state index is 0. The van der Waals surface area contributed by atoms with Gasteiger partial charge in [0.05, 0.1) is 17.8 Å². The molecule has 2 atom stereocenters. The zero-order valence-electron chi connectivity index (χ0n) is 12.7. The van der Waals surface area contributed by atoms with Gasteiger partial charge in [0.15, 0.2) is 11.6 Å². The second-order valence-corrected chi connectivity index (χ2v) is 5.55. The molecule has 1 saturated heterocycles. The Morgan fingerprint density at radius 2 is 1.96 bits per heavy atom. The third-order valence-electron chi connectivity index (χ3n) is 3.97. The smallest absolute Gasteiger partial charge is 0.229 e. The van der Waals surface area contributed by atoms with Gasteiger partial charge in [0.1, 0.15) is 5.82 Å². The largest absolute Gasteiger partial charge is 0.323 e. The van der Waals surface area contributed by atoms with Gasteiger partial charge in [0, 0.05) is 44.4 Å². The highest BCUT2D eigenvalue weighted by atomic mass is 35.5. The summed E-state index contributed by atoms with van der Waals surface area (Å²) in [4.78, 5) is 12.4. The van der Waals surface area contributed by atoms with E-state index in [1.165, 1.54) is 0 Å². The predicted octanol–water partition coefficient (Wildman–Crippen LogP) is 2.20. The van der Waals surface area contributed by atoms with Gasteiger partial charge in [-0.2, -0.15) is 5.10 Å². The maximum Gasteiger partial charge on any atom is 0.229 e. The molecule has 0 unspecified atom stereocenters. The topological polar surface area (TPSA) is 59.0 Å². The van der Waals surface area contributed by atoms with Crippen LogP contribution in [0.1, 0.15) is 11.5 Å². The maximum absolute atomic E-state index is 13.7. The fraction of sp³-hybridized carbons (Fsp3) is 0.333. The molecule has 2 N–H and O–H groups in total. The minimum Gasteiger partial charge on any atom is -0.323 e. The third-order valence-corrected chi connectivity index (χ3v) is 3.97. The molecule has 2 aromatic rings. The predicted molar refractivity (Wildman–Crippen MR) is 84.5 cm³/mol. The fourth-order valence-electron chi connectivity index (χ4n) is 2.78. The van der Waals surface area contributed by atoms with Crippen molar-refractivity contribution >= 4 is 24.0 Å². The first-order valence-corrected chi connectivity index (χ1v) is 7.10. The molecular formula is C15H16ClF3N4O. The quantitative estimate of drug-likeness (QED) is 0.825. The third kappa shape index (κ3) is 3.54. The summed E-state index contributed by atoms with van der Waals surface area (Å²) in [7, 11) is 1.78. The average molecular weight is 361 g/mol. The maximum atomic E-state index is 13.7. The number of nitrogens with one attached hydrogen (secondary N) is 2. The van der Waals surface area contributed by atoms with E-state index in [9.17, 15) is 18.0 Å². The molecule has 3 rings (SSSR count). The number of nitrogens with zero attached hydrogens (tertiary/aromatic N) is 2. The van der Waals surface area contributed by atoms with Gasteiger partial charge >= 0.3 is 0 Å². The highest BCUT2D eigenvalue weighted by Crippen LogP contribution is 2.29. The van der Waals surface area contributed by atoms with Crippen molar-refractivity contribution in [3.8, 4) is 0 Å². The Labute approximate surface area is 142 Å². The van der Waals surface area contributed by atoms with Crippen LogP contribution >= 0.6 is 12.4 Å². The molecule has 0 saturated carbocycles. The molecule has 5 nitrogen and oxygen atoms in total. The molecule has 0 spiro atoms. The summed E-state index contributed by atoms with van der Waals surface area (Å²) in [6.07, 6.45) is 3.49. The zero-order valence-corrected chi connectivity index (χ0v) is 13.5. The summed E-state index contributed by atoms with van der Waals surface area (Å²) in [5, 5.41) is 9.53. The Morgan fingerprint density at radius 3 is 2.62 bits per heavy atom. The van der Waals surface area contributed by atoms with Crippen LogP contribution in [0.25, 0.3) is 0 Å². The molecule has 24 heavy (non-hydrogen) atoms. The number of hydrogen-bond acceptors (Lipinski definition) is 3. The molecule has 0 aliphatic carbocycles. The Morgan fingerprint density at radius 1 is 1.25 bits per heavy atom. The van der Waals surface area contributed by atoms with E-state index in [4.69, 9.17) is 0 Å². The Hall–Kier alpha value is -2.06. The zero-order chi connectivity index (χ0) is 16.6. The molecule has 0 bridgehead atoms. The van der Waals surface area contributed by atoms with E-state index in [1.54, 1.807) is 17.9 Å². The molecule has 1 aliphatic heterocycles. The van der Waals surface area contributed by atoms with Gasteiger partial charge in [-0.25, -0.2) is 13.2 Å². The number of carbonyl (C=O) groups is 1. The number of halogens is 4. The molecule has 2 heterocycles. The average Bonchev–Trinajstić information content (AvgIpc) is 3.13. The van der Waals surface area contributed by atoms with Gasteiger partial charge in [-0.1, -0.05) is 0 Å². The van der Waals surface area contributed by atoms with Crippen LogP contribution in [0.15, 0.2) is 24.5 Å². The van der Waals surface area contributed by atoms with Gasteiger partial charge in [-0.05, 0) is 5.56 Å². The Balaban J connectivity index is 0.00000208. The second-order valence-electron chi connectivity index (χ2n) is 5.55. The summed E-state index contributed by atoms with van der Waals surface area (Å²) in [5.41, 5.74) is 0.522. The van der Waals surface area contributed by atoms with Crippen molar-refractivity contribution in [3.63, 3.8) is 0 Å². The van der Waals surface area contributed by atoms with Gasteiger partial charge in [-0.3, -0.25) is 9.48 Å². The van der Waals surface area contributed by atoms with E-state index in [1.807, 2.05) is 6.20 Å². The first-order valence-electron chi connectivity index (χ1n) is 7.10. The van der Waals surface area contributed by atoms with Crippen molar-refractivity contribution in [1.29, 1.82) is 0 Å². The number of aromatic nitrogens is 2. The van der Waals surface area contributed by atoms with E-state index in [0.29, 0.717) is 25.2 Å². The normalized spacial score (nSPS) is 19.8. The van der Waals surface area contributed by atoms with E-state index in [0.717, 1.165) is 5.56 Å². The molecule has 1 amide bonds.